The van der Waals surface area contributed by atoms with Crippen molar-refractivity contribution in [3.63, 3.8) is 0 Å². The summed E-state index contributed by atoms with van der Waals surface area (Å²) in [5.41, 5.74) is 1.08. The highest BCUT2D eigenvalue weighted by Crippen LogP contribution is 2.16. The molecule has 1 aliphatic heterocycles. The molecule has 74 valence electrons. The van der Waals surface area contributed by atoms with Crippen molar-refractivity contribution in [1.82, 2.24) is 10.6 Å². The van der Waals surface area contributed by atoms with Crippen LogP contribution >= 0.6 is 15.9 Å². The van der Waals surface area contributed by atoms with Gasteiger partial charge in [-0.1, -0.05) is 28.1 Å². The summed E-state index contributed by atoms with van der Waals surface area (Å²) in [4.78, 5) is 11.2. The Kier molecular flexibility index (Phi) is 2.84. The Morgan fingerprint density at radius 1 is 1.29 bits per heavy atom. The Labute approximate surface area is 91.0 Å². The van der Waals surface area contributed by atoms with Gasteiger partial charge >= 0.3 is 0 Å². The molecule has 0 bridgehead atoms. The number of hydrogen-bond donors (Lipinski definition) is 2. The van der Waals surface area contributed by atoms with Gasteiger partial charge < -0.3 is 5.32 Å². The molecule has 0 unspecified atom stereocenters. The zero-order valence-corrected chi connectivity index (χ0v) is 9.17. The van der Waals surface area contributed by atoms with Gasteiger partial charge in [-0.3, -0.25) is 10.1 Å². The van der Waals surface area contributed by atoms with Gasteiger partial charge in [0.25, 0.3) is 0 Å². The summed E-state index contributed by atoms with van der Waals surface area (Å²) < 4.78 is 1.04. The lowest BCUT2D eigenvalue weighted by Gasteiger charge is -2.25. The average Bonchev–Trinajstić information content (AvgIpc) is 2.19. The summed E-state index contributed by atoms with van der Waals surface area (Å²) in [7, 11) is 0. The molecule has 0 aliphatic carbocycles. The fraction of sp³-hybridized carbons (Fsp3) is 0.300. The highest BCUT2D eigenvalue weighted by atomic mass is 79.9. The molecule has 0 radical (unpaired) electrons. The third-order valence-electron chi connectivity index (χ3n) is 2.21. The second-order valence-corrected chi connectivity index (χ2v) is 4.17. The van der Waals surface area contributed by atoms with Gasteiger partial charge in [-0.15, -0.1) is 0 Å². The lowest BCUT2D eigenvalue weighted by Crippen LogP contribution is -2.44. The summed E-state index contributed by atoms with van der Waals surface area (Å²) in [6.45, 7) is 0.743. The van der Waals surface area contributed by atoms with E-state index in [0.717, 1.165) is 16.6 Å². The second-order valence-electron chi connectivity index (χ2n) is 3.26. The van der Waals surface area contributed by atoms with Crippen LogP contribution in [-0.4, -0.2) is 12.5 Å². The van der Waals surface area contributed by atoms with Crippen LogP contribution < -0.4 is 10.6 Å². The number of hydrogen-bond acceptors (Lipinski definition) is 2. The van der Waals surface area contributed by atoms with Gasteiger partial charge in [-0.2, -0.15) is 0 Å². The van der Waals surface area contributed by atoms with Crippen LogP contribution in [0, 0.1) is 0 Å². The van der Waals surface area contributed by atoms with Crippen LogP contribution in [0.25, 0.3) is 0 Å². The zero-order chi connectivity index (χ0) is 9.97. The van der Waals surface area contributed by atoms with E-state index in [-0.39, 0.29) is 12.1 Å². The van der Waals surface area contributed by atoms with Crippen LogP contribution in [0.5, 0.6) is 0 Å². The van der Waals surface area contributed by atoms with E-state index in [1.165, 1.54) is 0 Å². The number of halogens is 1. The average molecular weight is 255 g/mol. The Hall–Kier alpha value is -0.870. The Morgan fingerprint density at radius 2 is 2.00 bits per heavy atom. The number of carbonyl (C=O) groups is 1. The van der Waals surface area contributed by atoms with Crippen molar-refractivity contribution >= 4 is 21.8 Å². The fourth-order valence-electron chi connectivity index (χ4n) is 1.47. The molecule has 14 heavy (non-hydrogen) atoms. The summed E-state index contributed by atoms with van der Waals surface area (Å²) in [5, 5.41) is 6.12. The number of rotatable bonds is 1. The van der Waals surface area contributed by atoms with Gasteiger partial charge in [-0.25, -0.2) is 0 Å². The Morgan fingerprint density at radius 3 is 2.64 bits per heavy atom. The van der Waals surface area contributed by atoms with Crippen molar-refractivity contribution in [2.45, 2.75) is 12.6 Å². The lowest BCUT2D eigenvalue weighted by molar-refractivity contribution is -0.123. The van der Waals surface area contributed by atoms with Gasteiger partial charge in [0.2, 0.25) is 5.91 Å². The largest absolute Gasteiger partial charge is 0.337 e. The molecule has 2 rings (SSSR count). The van der Waals surface area contributed by atoms with Crippen molar-refractivity contribution in [2.75, 3.05) is 6.54 Å². The maximum atomic E-state index is 11.2. The first kappa shape index (κ1) is 9.68. The monoisotopic (exact) mass is 254 g/mol. The van der Waals surface area contributed by atoms with Crippen LogP contribution in [0.3, 0.4) is 0 Å². The van der Waals surface area contributed by atoms with E-state index in [9.17, 15) is 4.79 Å². The van der Waals surface area contributed by atoms with Gasteiger partial charge in [0, 0.05) is 17.4 Å². The molecule has 1 saturated heterocycles. The van der Waals surface area contributed by atoms with Crippen LogP contribution in [0.15, 0.2) is 28.7 Å². The summed E-state index contributed by atoms with van der Waals surface area (Å²) in [5.74, 6) is 0.108. The maximum absolute atomic E-state index is 11.2. The van der Waals surface area contributed by atoms with Crippen LogP contribution in [0.1, 0.15) is 18.2 Å². The van der Waals surface area contributed by atoms with E-state index in [2.05, 4.69) is 26.6 Å². The van der Waals surface area contributed by atoms with Crippen molar-refractivity contribution in [1.29, 1.82) is 0 Å². The molecule has 2 N–H and O–H groups in total. The summed E-state index contributed by atoms with van der Waals surface area (Å²) in [6.07, 6.45) is 0.525. The number of carbonyl (C=O) groups excluding carboxylic acids is 1. The molecule has 1 aliphatic rings. The van der Waals surface area contributed by atoms with Gasteiger partial charge in [0.05, 0.1) is 0 Å². The first-order valence-electron chi connectivity index (χ1n) is 4.54. The maximum Gasteiger partial charge on any atom is 0.222 e. The van der Waals surface area contributed by atoms with Gasteiger partial charge in [-0.05, 0) is 17.7 Å². The minimum Gasteiger partial charge on any atom is -0.337 e. The molecule has 1 aromatic carbocycles. The predicted molar refractivity (Wildman–Crippen MR) is 57.6 cm³/mol. The second kappa shape index (κ2) is 4.11. The highest BCUT2D eigenvalue weighted by Gasteiger charge is 2.18. The Bertz CT molecular complexity index is 336. The van der Waals surface area contributed by atoms with E-state index in [4.69, 9.17) is 0 Å². The zero-order valence-electron chi connectivity index (χ0n) is 7.59. The molecule has 0 aromatic heterocycles. The standard InChI is InChI=1S/C10H11BrN2O/c11-8-3-1-7(2-4-8)10-12-6-5-9(14)13-10/h1-4,10,12H,5-6H2,(H,13,14)/t10-/m1/s1. The molecule has 1 fully saturated rings. The SMILES string of the molecule is O=C1CCN[C@@H](c2ccc(Br)cc2)N1. The lowest BCUT2D eigenvalue weighted by atomic mass is 10.1. The predicted octanol–water partition coefficient (Wildman–Crippen LogP) is 1.56. The molecule has 1 amide bonds. The Balaban J connectivity index is 2.14. The molecular formula is C10H11BrN2O. The molecular weight excluding hydrogens is 244 g/mol. The molecule has 1 atom stereocenters. The quantitative estimate of drug-likeness (QED) is 0.799. The highest BCUT2D eigenvalue weighted by molar-refractivity contribution is 9.10. The van der Waals surface area contributed by atoms with E-state index < -0.39 is 0 Å². The molecule has 1 aromatic rings. The number of nitrogens with one attached hydrogen (secondary N) is 2. The van der Waals surface area contributed by atoms with E-state index >= 15 is 0 Å². The van der Waals surface area contributed by atoms with Crippen molar-refractivity contribution in [3.05, 3.63) is 34.3 Å². The van der Waals surface area contributed by atoms with Gasteiger partial charge in [0.15, 0.2) is 0 Å². The molecule has 0 spiro atoms. The van der Waals surface area contributed by atoms with Crippen LogP contribution in [-0.2, 0) is 4.79 Å². The molecule has 4 heteroatoms. The van der Waals surface area contributed by atoms with E-state index in [0.29, 0.717) is 6.42 Å². The minimum absolute atomic E-state index is 0.0376. The first-order valence-corrected chi connectivity index (χ1v) is 5.33. The van der Waals surface area contributed by atoms with Crippen molar-refractivity contribution in [2.24, 2.45) is 0 Å². The molecule has 0 saturated carbocycles. The first-order chi connectivity index (χ1) is 6.75. The summed E-state index contributed by atoms with van der Waals surface area (Å²) in [6, 6.07) is 7.93. The summed E-state index contributed by atoms with van der Waals surface area (Å²) >= 11 is 3.37. The number of amides is 1. The van der Waals surface area contributed by atoms with Gasteiger partial charge in [0.1, 0.15) is 6.17 Å². The molecule has 1 heterocycles. The molecule has 3 nitrogen and oxygen atoms in total. The fourth-order valence-corrected chi connectivity index (χ4v) is 1.73. The third-order valence-corrected chi connectivity index (χ3v) is 2.74. The van der Waals surface area contributed by atoms with Crippen molar-refractivity contribution in [3.8, 4) is 0 Å². The third kappa shape index (κ3) is 2.13. The number of benzene rings is 1. The normalized spacial score (nSPS) is 21.8. The topological polar surface area (TPSA) is 41.1 Å². The van der Waals surface area contributed by atoms with Crippen molar-refractivity contribution < 1.29 is 4.79 Å². The minimum atomic E-state index is -0.0376. The van der Waals surface area contributed by atoms with Crippen LogP contribution in [0.4, 0.5) is 0 Å². The van der Waals surface area contributed by atoms with E-state index in [1.54, 1.807) is 0 Å². The smallest absolute Gasteiger partial charge is 0.222 e. The van der Waals surface area contributed by atoms with Crippen LogP contribution in [0.2, 0.25) is 0 Å². The van der Waals surface area contributed by atoms with E-state index in [1.807, 2.05) is 24.3 Å².